The Labute approximate surface area is 123 Å². The molecule has 0 unspecified atom stereocenters. The first-order valence-electron chi connectivity index (χ1n) is 7.00. The molecule has 0 bridgehead atoms. The van der Waals surface area contributed by atoms with Crippen LogP contribution in [-0.4, -0.2) is 43.8 Å². The van der Waals surface area contributed by atoms with Gasteiger partial charge in [-0.25, -0.2) is 4.98 Å². The third-order valence-electron chi connectivity index (χ3n) is 3.76. The largest absolute Gasteiger partial charge is 0.381 e. The molecular formula is C14H20N4OS. The lowest BCUT2D eigenvalue weighted by Crippen LogP contribution is -2.30. The van der Waals surface area contributed by atoms with Crippen molar-refractivity contribution >= 4 is 33.3 Å². The summed E-state index contributed by atoms with van der Waals surface area (Å²) in [4.78, 5) is 12.4. The van der Waals surface area contributed by atoms with Crippen LogP contribution in [-0.2, 0) is 4.74 Å². The summed E-state index contributed by atoms with van der Waals surface area (Å²) in [6.07, 6.45) is 2.28. The van der Waals surface area contributed by atoms with E-state index in [1.165, 1.54) is 0 Å². The summed E-state index contributed by atoms with van der Waals surface area (Å²) >= 11 is 1.66. The van der Waals surface area contributed by atoms with Crippen molar-refractivity contribution in [3.05, 3.63) is 11.4 Å². The molecule has 0 atom stereocenters. The molecule has 2 aromatic rings. The number of ether oxygens (including phenoxy) is 1. The van der Waals surface area contributed by atoms with E-state index in [0.29, 0.717) is 11.9 Å². The maximum absolute atomic E-state index is 5.43. The van der Waals surface area contributed by atoms with Crippen LogP contribution >= 0.6 is 11.3 Å². The highest BCUT2D eigenvalue weighted by atomic mass is 32.1. The maximum Gasteiger partial charge on any atom is 0.225 e. The second-order valence-electron chi connectivity index (χ2n) is 5.20. The second kappa shape index (κ2) is 5.93. The maximum atomic E-state index is 5.43. The van der Waals surface area contributed by atoms with Crippen molar-refractivity contribution in [3.8, 4) is 0 Å². The van der Waals surface area contributed by atoms with Crippen molar-refractivity contribution in [1.82, 2.24) is 9.97 Å². The molecule has 1 N–H and O–H groups in total. The fourth-order valence-corrected chi connectivity index (χ4v) is 3.40. The molecule has 0 amide bonds. The Balaban J connectivity index is 1.85. The van der Waals surface area contributed by atoms with E-state index in [2.05, 4.69) is 38.7 Å². The molecular weight excluding hydrogens is 272 g/mol. The number of thiophene rings is 1. The van der Waals surface area contributed by atoms with Crippen LogP contribution in [0.4, 0.5) is 11.8 Å². The van der Waals surface area contributed by atoms with Gasteiger partial charge in [0.1, 0.15) is 10.6 Å². The number of hydrogen-bond acceptors (Lipinski definition) is 6. The molecule has 1 fully saturated rings. The van der Waals surface area contributed by atoms with Crippen LogP contribution in [0.25, 0.3) is 10.2 Å². The number of fused-ring (bicyclic) bond motifs is 1. The summed E-state index contributed by atoms with van der Waals surface area (Å²) in [6.45, 7) is 2.80. The summed E-state index contributed by atoms with van der Waals surface area (Å²) in [5, 5.41) is 6.26. The normalized spacial score (nSPS) is 16.5. The van der Waals surface area contributed by atoms with Crippen LogP contribution in [0, 0.1) is 5.92 Å². The highest BCUT2D eigenvalue weighted by Gasteiger charge is 2.19. The van der Waals surface area contributed by atoms with E-state index in [9.17, 15) is 0 Å². The molecule has 5 nitrogen and oxygen atoms in total. The smallest absolute Gasteiger partial charge is 0.225 e. The van der Waals surface area contributed by atoms with Crippen LogP contribution in [0.3, 0.4) is 0 Å². The first-order chi connectivity index (χ1) is 9.78. The van der Waals surface area contributed by atoms with Crippen molar-refractivity contribution in [2.24, 2.45) is 5.92 Å². The zero-order chi connectivity index (χ0) is 13.9. The molecule has 1 saturated heterocycles. The molecule has 1 aliphatic heterocycles. The van der Waals surface area contributed by atoms with Gasteiger partial charge < -0.3 is 15.0 Å². The summed E-state index contributed by atoms with van der Waals surface area (Å²) in [5.41, 5.74) is 0. The zero-order valence-electron chi connectivity index (χ0n) is 11.9. The number of nitrogens with one attached hydrogen (secondary N) is 1. The van der Waals surface area contributed by atoms with Gasteiger partial charge in [0.2, 0.25) is 5.95 Å². The van der Waals surface area contributed by atoms with Crippen LogP contribution in [0.5, 0.6) is 0 Å². The molecule has 0 radical (unpaired) electrons. The highest BCUT2D eigenvalue weighted by Crippen LogP contribution is 2.29. The Morgan fingerprint density at radius 2 is 2.20 bits per heavy atom. The third-order valence-corrected chi connectivity index (χ3v) is 4.57. The van der Waals surface area contributed by atoms with Gasteiger partial charge in [0.15, 0.2) is 0 Å². The lowest BCUT2D eigenvalue weighted by atomic mass is 10.00. The fourth-order valence-electron chi connectivity index (χ4n) is 2.65. The number of aromatic nitrogens is 2. The number of anilines is 2. The molecule has 20 heavy (non-hydrogen) atoms. The van der Waals surface area contributed by atoms with Gasteiger partial charge in [-0.1, -0.05) is 0 Å². The van der Waals surface area contributed by atoms with E-state index < -0.39 is 0 Å². The minimum Gasteiger partial charge on any atom is -0.381 e. The van der Waals surface area contributed by atoms with Crippen molar-refractivity contribution in [3.63, 3.8) is 0 Å². The first-order valence-corrected chi connectivity index (χ1v) is 7.88. The van der Waals surface area contributed by atoms with Gasteiger partial charge in [-0.2, -0.15) is 4.98 Å². The quantitative estimate of drug-likeness (QED) is 0.938. The lowest BCUT2D eigenvalue weighted by Gasteiger charge is -2.28. The van der Waals surface area contributed by atoms with E-state index in [4.69, 9.17) is 4.74 Å². The van der Waals surface area contributed by atoms with Crippen molar-refractivity contribution in [2.45, 2.75) is 12.8 Å². The van der Waals surface area contributed by atoms with Crippen LogP contribution < -0.4 is 10.2 Å². The van der Waals surface area contributed by atoms with Gasteiger partial charge in [0, 0.05) is 33.9 Å². The predicted molar refractivity (Wildman–Crippen MR) is 83.8 cm³/mol. The van der Waals surface area contributed by atoms with E-state index in [1.54, 1.807) is 11.3 Å². The SMILES string of the molecule is CNc1nc(N(C)CC2CCOCC2)c2ccsc2n1. The van der Waals surface area contributed by atoms with Gasteiger partial charge in [-0.05, 0) is 30.2 Å². The van der Waals surface area contributed by atoms with Crippen molar-refractivity contribution in [1.29, 1.82) is 0 Å². The molecule has 6 heteroatoms. The van der Waals surface area contributed by atoms with E-state index in [0.717, 1.165) is 48.6 Å². The lowest BCUT2D eigenvalue weighted by molar-refractivity contribution is 0.0685. The third kappa shape index (κ3) is 2.71. The Morgan fingerprint density at radius 1 is 1.40 bits per heavy atom. The summed E-state index contributed by atoms with van der Waals surface area (Å²) in [5.74, 6) is 2.40. The minimum absolute atomic E-state index is 0.689. The van der Waals surface area contributed by atoms with Crippen molar-refractivity contribution in [2.75, 3.05) is 44.1 Å². The Hall–Kier alpha value is -1.40. The molecule has 0 spiro atoms. The van der Waals surface area contributed by atoms with Gasteiger partial charge in [-0.3, -0.25) is 0 Å². The van der Waals surface area contributed by atoms with Gasteiger partial charge >= 0.3 is 0 Å². The van der Waals surface area contributed by atoms with Crippen LogP contribution in [0.15, 0.2) is 11.4 Å². The molecule has 0 aromatic carbocycles. The summed E-state index contributed by atoms with van der Waals surface area (Å²) in [7, 11) is 3.98. The summed E-state index contributed by atoms with van der Waals surface area (Å²) in [6, 6.07) is 2.11. The monoisotopic (exact) mass is 292 g/mol. The topological polar surface area (TPSA) is 50.3 Å². The van der Waals surface area contributed by atoms with E-state index in [-0.39, 0.29) is 0 Å². The van der Waals surface area contributed by atoms with Crippen molar-refractivity contribution < 1.29 is 4.74 Å². The molecule has 108 valence electrons. The molecule has 1 aliphatic rings. The van der Waals surface area contributed by atoms with Gasteiger partial charge in [-0.15, -0.1) is 11.3 Å². The van der Waals surface area contributed by atoms with Crippen LogP contribution in [0.2, 0.25) is 0 Å². The average molecular weight is 292 g/mol. The van der Waals surface area contributed by atoms with E-state index in [1.807, 2.05) is 7.05 Å². The zero-order valence-corrected chi connectivity index (χ0v) is 12.7. The number of nitrogens with zero attached hydrogens (tertiary/aromatic N) is 3. The molecule has 2 aromatic heterocycles. The second-order valence-corrected chi connectivity index (χ2v) is 6.09. The Morgan fingerprint density at radius 3 is 2.95 bits per heavy atom. The molecule has 3 rings (SSSR count). The number of hydrogen-bond donors (Lipinski definition) is 1. The molecule has 3 heterocycles. The highest BCUT2D eigenvalue weighted by molar-refractivity contribution is 7.16. The average Bonchev–Trinajstić information content (AvgIpc) is 2.95. The van der Waals surface area contributed by atoms with Crippen LogP contribution in [0.1, 0.15) is 12.8 Å². The number of rotatable bonds is 4. The Kier molecular flexibility index (Phi) is 4.03. The predicted octanol–water partition coefficient (Wildman–Crippen LogP) is 2.60. The first kappa shape index (κ1) is 13.6. The minimum atomic E-state index is 0.689. The molecule has 0 saturated carbocycles. The summed E-state index contributed by atoms with van der Waals surface area (Å²) < 4.78 is 5.43. The van der Waals surface area contributed by atoms with E-state index >= 15 is 0 Å². The van der Waals surface area contributed by atoms with Gasteiger partial charge in [0.25, 0.3) is 0 Å². The molecule has 0 aliphatic carbocycles. The fraction of sp³-hybridized carbons (Fsp3) is 0.571. The Bertz CT molecular complexity index is 580. The van der Waals surface area contributed by atoms with Gasteiger partial charge in [0.05, 0.1) is 5.39 Å². The standard InChI is InChI=1S/C14H20N4OS/c1-15-14-16-12(11-5-8-20-13(11)17-14)18(2)9-10-3-6-19-7-4-10/h5,8,10H,3-4,6-7,9H2,1-2H3,(H,15,16,17).